The first-order chi connectivity index (χ1) is 8.79. The summed E-state index contributed by atoms with van der Waals surface area (Å²) in [6.07, 6.45) is 6.42. The summed E-state index contributed by atoms with van der Waals surface area (Å²) in [6.45, 7) is 1.41. The van der Waals surface area contributed by atoms with Crippen LogP contribution in [-0.2, 0) is 6.54 Å². The van der Waals surface area contributed by atoms with E-state index >= 15 is 0 Å². The van der Waals surface area contributed by atoms with Crippen molar-refractivity contribution in [2.75, 3.05) is 11.4 Å². The van der Waals surface area contributed by atoms with Gasteiger partial charge in [-0.15, -0.1) is 0 Å². The maximum Gasteiger partial charge on any atom is 0.146 e. The van der Waals surface area contributed by atoms with Crippen molar-refractivity contribution in [1.29, 1.82) is 0 Å². The van der Waals surface area contributed by atoms with Gasteiger partial charge >= 0.3 is 0 Å². The molecule has 0 bridgehead atoms. The van der Waals surface area contributed by atoms with E-state index in [4.69, 9.17) is 5.73 Å². The highest BCUT2D eigenvalue weighted by Crippen LogP contribution is 2.39. The van der Waals surface area contributed by atoms with Crippen LogP contribution in [0.1, 0.15) is 37.7 Å². The van der Waals surface area contributed by atoms with Gasteiger partial charge in [0.25, 0.3) is 0 Å². The van der Waals surface area contributed by atoms with Gasteiger partial charge in [-0.3, -0.25) is 0 Å². The molecule has 0 amide bonds. The Labute approximate surface area is 108 Å². The molecule has 2 atom stereocenters. The van der Waals surface area contributed by atoms with Crippen LogP contribution in [0.2, 0.25) is 0 Å². The summed E-state index contributed by atoms with van der Waals surface area (Å²) >= 11 is 0. The first kappa shape index (κ1) is 12.0. The topological polar surface area (TPSA) is 29.3 Å². The Bertz CT molecular complexity index is 433. The third-order valence-electron chi connectivity index (χ3n) is 4.57. The minimum Gasteiger partial charge on any atom is -0.366 e. The Morgan fingerprint density at radius 2 is 2.06 bits per heavy atom. The molecule has 1 aliphatic heterocycles. The van der Waals surface area contributed by atoms with Crippen molar-refractivity contribution in [2.24, 2.45) is 11.7 Å². The van der Waals surface area contributed by atoms with E-state index in [1.807, 2.05) is 12.1 Å². The van der Waals surface area contributed by atoms with Crippen LogP contribution in [0.25, 0.3) is 0 Å². The van der Waals surface area contributed by atoms with Crippen LogP contribution in [-0.4, -0.2) is 12.6 Å². The maximum atomic E-state index is 14.2. The number of hydrogen-bond acceptors (Lipinski definition) is 2. The second-order valence-corrected chi connectivity index (χ2v) is 5.58. The highest BCUT2D eigenvalue weighted by molar-refractivity contribution is 5.51. The number of benzene rings is 1. The average Bonchev–Trinajstić information content (AvgIpc) is 2.82. The predicted molar refractivity (Wildman–Crippen MR) is 72.0 cm³/mol. The number of nitrogens with zero attached hydrogens (tertiary/aromatic N) is 1. The Balaban J connectivity index is 1.86. The van der Waals surface area contributed by atoms with Gasteiger partial charge < -0.3 is 10.6 Å². The number of nitrogens with two attached hydrogens (primary N) is 1. The Kier molecular flexibility index (Phi) is 3.25. The average molecular weight is 248 g/mol. The molecule has 2 aliphatic rings. The van der Waals surface area contributed by atoms with E-state index in [9.17, 15) is 4.39 Å². The maximum absolute atomic E-state index is 14.2. The summed E-state index contributed by atoms with van der Waals surface area (Å²) < 4.78 is 14.2. The van der Waals surface area contributed by atoms with Crippen LogP contribution in [0.4, 0.5) is 10.1 Å². The minimum atomic E-state index is -0.107. The van der Waals surface area contributed by atoms with Gasteiger partial charge in [0.1, 0.15) is 5.82 Å². The number of halogens is 1. The van der Waals surface area contributed by atoms with Crippen molar-refractivity contribution < 1.29 is 4.39 Å². The molecule has 1 heterocycles. The predicted octanol–water partition coefficient (Wildman–Crippen LogP) is 3.05. The van der Waals surface area contributed by atoms with Crippen LogP contribution in [0.3, 0.4) is 0 Å². The van der Waals surface area contributed by atoms with E-state index in [2.05, 4.69) is 4.90 Å². The van der Waals surface area contributed by atoms with E-state index in [0.717, 1.165) is 23.7 Å². The van der Waals surface area contributed by atoms with Gasteiger partial charge in [0.05, 0.1) is 5.69 Å². The van der Waals surface area contributed by atoms with Crippen LogP contribution < -0.4 is 10.6 Å². The summed E-state index contributed by atoms with van der Waals surface area (Å²) in [4.78, 5) is 2.29. The highest BCUT2D eigenvalue weighted by atomic mass is 19.1. The quantitative estimate of drug-likeness (QED) is 0.871. The van der Waals surface area contributed by atoms with Crippen LogP contribution in [0.5, 0.6) is 0 Å². The molecule has 2 fully saturated rings. The third-order valence-corrected chi connectivity index (χ3v) is 4.57. The molecule has 0 spiro atoms. The van der Waals surface area contributed by atoms with Crippen molar-refractivity contribution in [3.63, 3.8) is 0 Å². The Morgan fingerprint density at radius 3 is 2.83 bits per heavy atom. The summed E-state index contributed by atoms with van der Waals surface area (Å²) in [5.74, 6) is 0.677. The molecule has 2 nitrogen and oxygen atoms in total. The fraction of sp³-hybridized carbons (Fsp3) is 0.600. The number of fused-ring (bicyclic) bond motifs is 1. The van der Waals surface area contributed by atoms with Gasteiger partial charge in [-0.05, 0) is 42.9 Å². The lowest BCUT2D eigenvalue weighted by Gasteiger charge is -2.33. The first-order valence-corrected chi connectivity index (χ1v) is 7.04. The molecule has 1 saturated carbocycles. The fourth-order valence-corrected chi connectivity index (χ4v) is 3.62. The zero-order valence-electron chi connectivity index (χ0n) is 10.7. The van der Waals surface area contributed by atoms with Gasteiger partial charge in [0.15, 0.2) is 0 Å². The first-order valence-electron chi connectivity index (χ1n) is 7.04. The largest absolute Gasteiger partial charge is 0.366 e. The van der Waals surface area contributed by atoms with Crippen LogP contribution in [0.15, 0.2) is 18.2 Å². The molecule has 1 aromatic carbocycles. The van der Waals surface area contributed by atoms with Gasteiger partial charge in [0, 0.05) is 19.1 Å². The van der Waals surface area contributed by atoms with Crippen molar-refractivity contribution in [3.8, 4) is 0 Å². The van der Waals surface area contributed by atoms with Crippen LogP contribution in [0, 0.1) is 11.7 Å². The van der Waals surface area contributed by atoms with Gasteiger partial charge in [-0.2, -0.15) is 0 Å². The van der Waals surface area contributed by atoms with E-state index in [-0.39, 0.29) is 5.82 Å². The molecule has 1 aromatic rings. The molecule has 2 unspecified atom stereocenters. The summed E-state index contributed by atoms with van der Waals surface area (Å²) in [5.41, 5.74) is 7.20. The van der Waals surface area contributed by atoms with E-state index in [1.165, 1.54) is 32.1 Å². The van der Waals surface area contributed by atoms with Crippen molar-refractivity contribution in [1.82, 2.24) is 0 Å². The second-order valence-electron chi connectivity index (χ2n) is 5.58. The van der Waals surface area contributed by atoms with Crippen LogP contribution >= 0.6 is 0 Å². The van der Waals surface area contributed by atoms with E-state index < -0.39 is 0 Å². The lowest BCUT2D eigenvalue weighted by molar-refractivity contribution is 0.341. The summed E-state index contributed by atoms with van der Waals surface area (Å²) in [7, 11) is 0. The molecule has 1 aliphatic carbocycles. The molecule has 98 valence electrons. The smallest absolute Gasteiger partial charge is 0.146 e. The molecular weight excluding hydrogens is 227 g/mol. The van der Waals surface area contributed by atoms with E-state index in [1.54, 1.807) is 6.07 Å². The normalized spacial score (nSPS) is 27.3. The van der Waals surface area contributed by atoms with Gasteiger partial charge in [0.2, 0.25) is 0 Å². The molecule has 1 saturated heterocycles. The third kappa shape index (κ3) is 2.01. The van der Waals surface area contributed by atoms with Crippen molar-refractivity contribution >= 4 is 5.69 Å². The minimum absolute atomic E-state index is 0.107. The fourth-order valence-electron chi connectivity index (χ4n) is 3.62. The molecule has 3 rings (SSSR count). The lowest BCUT2D eigenvalue weighted by Crippen LogP contribution is -2.35. The van der Waals surface area contributed by atoms with E-state index in [0.29, 0.717) is 12.6 Å². The molecule has 18 heavy (non-hydrogen) atoms. The van der Waals surface area contributed by atoms with Crippen molar-refractivity contribution in [2.45, 2.75) is 44.7 Å². The zero-order valence-corrected chi connectivity index (χ0v) is 10.7. The Hall–Kier alpha value is -1.09. The molecule has 2 N–H and O–H groups in total. The Morgan fingerprint density at radius 1 is 1.22 bits per heavy atom. The molecule has 0 radical (unpaired) electrons. The number of anilines is 1. The zero-order chi connectivity index (χ0) is 12.5. The van der Waals surface area contributed by atoms with Crippen molar-refractivity contribution in [3.05, 3.63) is 29.6 Å². The SMILES string of the molecule is NCc1ccc(N2CCC3CCCCC32)c(F)c1. The lowest BCUT2D eigenvalue weighted by atomic mass is 9.85. The molecular formula is C15H21FN2. The monoisotopic (exact) mass is 248 g/mol. The van der Waals surface area contributed by atoms with Gasteiger partial charge in [-0.1, -0.05) is 18.9 Å². The second kappa shape index (κ2) is 4.88. The number of rotatable bonds is 2. The standard InChI is InChI=1S/C15H21FN2/c16-13-9-11(10-17)5-6-15(13)18-8-7-12-3-1-2-4-14(12)18/h5-6,9,12,14H,1-4,7-8,10,17H2. The summed E-state index contributed by atoms with van der Waals surface area (Å²) in [5, 5.41) is 0. The number of hydrogen-bond donors (Lipinski definition) is 1. The molecule has 0 aromatic heterocycles. The van der Waals surface area contributed by atoms with Gasteiger partial charge in [-0.25, -0.2) is 4.39 Å². The highest BCUT2D eigenvalue weighted by Gasteiger charge is 2.36. The molecule has 3 heteroatoms. The summed E-state index contributed by atoms with van der Waals surface area (Å²) in [6, 6.07) is 6.02.